The summed E-state index contributed by atoms with van der Waals surface area (Å²) in [6.07, 6.45) is 0. The number of hydrogen-bond donors (Lipinski definition) is 1. The summed E-state index contributed by atoms with van der Waals surface area (Å²) >= 11 is 7.51. The molecule has 2 rings (SSSR count). The van der Waals surface area contributed by atoms with E-state index in [1.165, 1.54) is 11.1 Å². The second kappa shape index (κ2) is 6.82. The molecule has 0 aliphatic heterocycles. The molecule has 0 aliphatic rings. The summed E-state index contributed by atoms with van der Waals surface area (Å²) in [5, 5.41) is 3.51. The van der Waals surface area contributed by atoms with Crippen molar-refractivity contribution in [2.24, 2.45) is 0 Å². The Balaban J connectivity index is 2.07. The van der Waals surface area contributed by atoms with Gasteiger partial charge in [-0.2, -0.15) is 0 Å². The minimum Gasteiger partial charge on any atom is -0.488 e. The summed E-state index contributed by atoms with van der Waals surface area (Å²) in [6, 6.07) is 10.2. The maximum Gasteiger partial charge on any atom is 0.124 e. The van der Waals surface area contributed by atoms with Gasteiger partial charge >= 0.3 is 0 Å². The third-order valence-electron chi connectivity index (χ3n) is 3.02. The van der Waals surface area contributed by atoms with E-state index < -0.39 is 0 Å². The van der Waals surface area contributed by atoms with Crippen LogP contribution in [-0.4, -0.2) is 5.54 Å². The van der Waals surface area contributed by atoms with Crippen LogP contribution in [0, 0.1) is 6.92 Å². The van der Waals surface area contributed by atoms with Gasteiger partial charge in [-0.05, 0) is 45.9 Å². The van der Waals surface area contributed by atoms with Crippen LogP contribution in [0.15, 0.2) is 30.3 Å². The third kappa shape index (κ3) is 5.34. The van der Waals surface area contributed by atoms with Gasteiger partial charge in [-0.1, -0.05) is 29.3 Å². The Morgan fingerprint density at radius 3 is 2.57 bits per heavy atom. The van der Waals surface area contributed by atoms with Gasteiger partial charge in [0.1, 0.15) is 12.4 Å². The van der Waals surface area contributed by atoms with Gasteiger partial charge in [0.2, 0.25) is 0 Å². The van der Waals surface area contributed by atoms with Crippen LogP contribution in [0.4, 0.5) is 0 Å². The molecular weight excluding hydrogens is 302 g/mol. The van der Waals surface area contributed by atoms with Crippen molar-refractivity contribution in [3.8, 4) is 5.75 Å². The second-order valence-electron chi connectivity index (χ2n) is 6.21. The van der Waals surface area contributed by atoms with Gasteiger partial charge in [0.25, 0.3) is 0 Å². The number of ether oxygens (including phenoxy) is 1. The second-order valence-corrected chi connectivity index (χ2v) is 8.01. The van der Waals surface area contributed by atoms with Gasteiger partial charge in [-0.15, -0.1) is 11.3 Å². The van der Waals surface area contributed by atoms with Gasteiger partial charge in [0.05, 0.1) is 4.34 Å². The van der Waals surface area contributed by atoms with E-state index in [2.05, 4.69) is 45.1 Å². The summed E-state index contributed by atoms with van der Waals surface area (Å²) in [5.41, 5.74) is 2.52. The SMILES string of the molecule is Cc1ccc(OCc2ccc(Cl)s2)c(CNC(C)(C)C)c1. The number of hydrogen-bond acceptors (Lipinski definition) is 3. The largest absolute Gasteiger partial charge is 0.488 e. The fourth-order valence-electron chi connectivity index (χ4n) is 1.93. The molecule has 0 atom stereocenters. The molecule has 0 amide bonds. The van der Waals surface area contributed by atoms with E-state index in [4.69, 9.17) is 16.3 Å². The fraction of sp³-hybridized carbons (Fsp3) is 0.412. The molecule has 114 valence electrons. The molecule has 4 heteroatoms. The summed E-state index contributed by atoms with van der Waals surface area (Å²) < 4.78 is 6.77. The first-order valence-electron chi connectivity index (χ1n) is 7.05. The van der Waals surface area contributed by atoms with Crippen LogP contribution in [0.25, 0.3) is 0 Å². The van der Waals surface area contributed by atoms with E-state index in [-0.39, 0.29) is 5.54 Å². The van der Waals surface area contributed by atoms with E-state index >= 15 is 0 Å². The Bertz CT molecular complexity index is 601. The first-order chi connectivity index (χ1) is 9.83. The Kier molecular flexibility index (Phi) is 5.31. The van der Waals surface area contributed by atoms with E-state index in [1.807, 2.05) is 18.2 Å². The molecule has 0 aliphatic carbocycles. The number of benzene rings is 1. The highest BCUT2D eigenvalue weighted by molar-refractivity contribution is 7.16. The van der Waals surface area contributed by atoms with Crippen molar-refractivity contribution in [2.45, 2.75) is 46.4 Å². The van der Waals surface area contributed by atoms with Crippen LogP contribution in [0.1, 0.15) is 36.8 Å². The number of aryl methyl sites for hydroxylation is 1. The van der Waals surface area contributed by atoms with E-state index in [0.29, 0.717) is 6.61 Å². The van der Waals surface area contributed by atoms with Crippen molar-refractivity contribution < 1.29 is 4.74 Å². The predicted octanol–water partition coefficient (Wildman–Crippen LogP) is 5.18. The maximum absolute atomic E-state index is 5.97. The van der Waals surface area contributed by atoms with Crippen molar-refractivity contribution in [3.05, 3.63) is 50.7 Å². The van der Waals surface area contributed by atoms with Crippen molar-refractivity contribution in [3.63, 3.8) is 0 Å². The smallest absolute Gasteiger partial charge is 0.124 e. The molecule has 1 N–H and O–H groups in total. The van der Waals surface area contributed by atoms with Crippen LogP contribution in [0.2, 0.25) is 4.34 Å². The quantitative estimate of drug-likeness (QED) is 0.818. The Labute approximate surface area is 136 Å². The lowest BCUT2D eigenvalue weighted by Gasteiger charge is -2.22. The van der Waals surface area contributed by atoms with Crippen LogP contribution in [0.3, 0.4) is 0 Å². The zero-order chi connectivity index (χ0) is 15.5. The number of thiophene rings is 1. The zero-order valence-corrected chi connectivity index (χ0v) is 14.6. The lowest BCUT2D eigenvalue weighted by atomic mass is 10.1. The van der Waals surface area contributed by atoms with Crippen LogP contribution >= 0.6 is 22.9 Å². The van der Waals surface area contributed by atoms with Gasteiger partial charge in [-0.25, -0.2) is 0 Å². The van der Waals surface area contributed by atoms with Gasteiger partial charge < -0.3 is 10.1 Å². The molecule has 1 aromatic carbocycles. The Hall–Kier alpha value is -1.03. The number of halogens is 1. The Morgan fingerprint density at radius 1 is 1.19 bits per heavy atom. The molecule has 1 heterocycles. The summed E-state index contributed by atoms with van der Waals surface area (Å²) in [5.74, 6) is 0.932. The van der Waals surface area contributed by atoms with E-state index in [1.54, 1.807) is 11.3 Å². The molecule has 0 spiro atoms. The topological polar surface area (TPSA) is 21.3 Å². The highest BCUT2D eigenvalue weighted by Crippen LogP contribution is 2.25. The molecule has 2 nitrogen and oxygen atoms in total. The number of nitrogens with one attached hydrogen (secondary N) is 1. The molecule has 0 saturated heterocycles. The normalized spacial score (nSPS) is 11.7. The lowest BCUT2D eigenvalue weighted by molar-refractivity contribution is 0.303. The van der Waals surface area contributed by atoms with E-state index in [0.717, 1.165) is 21.5 Å². The summed E-state index contributed by atoms with van der Waals surface area (Å²) in [6.45, 7) is 9.95. The molecule has 0 unspecified atom stereocenters. The standard InChI is InChI=1S/C17H22ClNOS/c1-12-5-7-15(13(9-12)10-19-17(2,3)4)20-11-14-6-8-16(18)21-14/h5-9,19H,10-11H2,1-4H3. The van der Waals surface area contributed by atoms with Gasteiger partial charge in [0, 0.05) is 22.5 Å². The molecule has 0 fully saturated rings. The van der Waals surface area contributed by atoms with Crippen molar-refractivity contribution in [2.75, 3.05) is 0 Å². The van der Waals surface area contributed by atoms with Crippen LogP contribution < -0.4 is 10.1 Å². The predicted molar refractivity (Wildman–Crippen MR) is 91.4 cm³/mol. The first kappa shape index (κ1) is 16.3. The minimum atomic E-state index is 0.0856. The molecule has 1 aromatic heterocycles. The molecular formula is C17H22ClNOS. The van der Waals surface area contributed by atoms with Crippen LogP contribution in [-0.2, 0) is 13.2 Å². The maximum atomic E-state index is 5.97. The lowest BCUT2D eigenvalue weighted by Crippen LogP contribution is -2.35. The van der Waals surface area contributed by atoms with Gasteiger partial charge in [0.15, 0.2) is 0 Å². The Morgan fingerprint density at radius 2 is 1.95 bits per heavy atom. The average Bonchev–Trinajstić information content (AvgIpc) is 2.80. The molecule has 0 saturated carbocycles. The minimum absolute atomic E-state index is 0.0856. The molecule has 0 radical (unpaired) electrons. The highest BCUT2D eigenvalue weighted by atomic mass is 35.5. The molecule has 21 heavy (non-hydrogen) atoms. The van der Waals surface area contributed by atoms with Gasteiger partial charge in [-0.3, -0.25) is 0 Å². The average molecular weight is 324 g/mol. The van der Waals surface area contributed by atoms with Crippen LogP contribution in [0.5, 0.6) is 5.75 Å². The summed E-state index contributed by atoms with van der Waals surface area (Å²) in [4.78, 5) is 1.13. The number of rotatable bonds is 5. The van der Waals surface area contributed by atoms with E-state index in [9.17, 15) is 0 Å². The molecule has 2 aromatic rings. The summed E-state index contributed by atoms with van der Waals surface area (Å²) in [7, 11) is 0. The van der Waals surface area contributed by atoms with Crippen molar-refractivity contribution in [1.29, 1.82) is 0 Å². The first-order valence-corrected chi connectivity index (χ1v) is 8.24. The van der Waals surface area contributed by atoms with Crippen molar-refractivity contribution >= 4 is 22.9 Å². The fourth-order valence-corrected chi connectivity index (χ4v) is 2.93. The third-order valence-corrected chi connectivity index (χ3v) is 4.23. The highest BCUT2D eigenvalue weighted by Gasteiger charge is 2.11. The zero-order valence-electron chi connectivity index (χ0n) is 13.0. The monoisotopic (exact) mass is 323 g/mol. The van der Waals surface area contributed by atoms with Crippen molar-refractivity contribution in [1.82, 2.24) is 5.32 Å². The molecule has 0 bridgehead atoms.